The van der Waals surface area contributed by atoms with Gasteiger partial charge in [-0.25, -0.2) is 0 Å². The molecule has 4 nitrogen and oxygen atoms in total. The van der Waals surface area contributed by atoms with E-state index in [0.29, 0.717) is 11.4 Å². The second kappa shape index (κ2) is 7.98. The molecule has 0 atom stereocenters. The lowest BCUT2D eigenvalue weighted by atomic mass is 10.0. The first-order valence-electron chi connectivity index (χ1n) is 9.38. The molecule has 0 aliphatic rings. The van der Waals surface area contributed by atoms with Crippen LogP contribution >= 0.6 is 0 Å². The van der Waals surface area contributed by atoms with Gasteiger partial charge in [-0.15, -0.1) is 0 Å². The summed E-state index contributed by atoms with van der Waals surface area (Å²) in [4.78, 5) is 27.8. The largest absolute Gasteiger partial charge is 0.322 e. The van der Waals surface area contributed by atoms with Crippen LogP contribution in [-0.2, 0) is 0 Å². The van der Waals surface area contributed by atoms with Crippen molar-refractivity contribution in [3.8, 4) is 22.4 Å². The molecule has 29 heavy (non-hydrogen) atoms. The number of rotatable bonds is 4. The molecule has 0 saturated carbocycles. The Morgan fingerprint density at radius 1 is 0.724 bits per heavy atom. The van der Waals surface area contributed by atoms with E-state index in [-0.39, 0.29) is 5.56 Å². The molecule has 0 fully saturated rings. The molecule has 142 valence electrons. The van der Waals surface area contributed by atoms with E-state index in [1.807, 2.05) is 73.7 Å². The third-order valence-corrected chi connectivity index (χ3v) is 4.85. The third kappa shape index (κ3) is 4.01. The normalized spacial score (nSPS) is 10.5. The summed E-state index contributed by atoms with van der Waals surface area (Å²) in [7, 11) is 0. The SMILES string of the molecule is Cc1ccccc1NC(=O)c1ccc(-c2ccc(-c3ccccc3)cc2)[nH]c1=O. The molecule has 0 radical (unpaired) electrons. The smallest absolute Gasteiger partial charge is 0.261 e. The second-order valence-electron chi connectivity index (χ2n) is 6.83. The summed E-state index contributed by atoms with van der Waals surface area (Å²) in [5, 5.41) is 2.79. The van der Waals surface area contributed by atoms with E-state index in [1.165, 1.54) is 0 Å². The Bertz CT molecular complexity index is 1210. The van der Waals surface area contributed by atoms with Crippen LogP contribution in [0.4, 0.5) is 5.69 Å². The van der Waals surface area contributed by atoms with Crippen LogP contribution in [0.2, 0.25) is 0 Å². The van der Waals surface area contributed by atoms with Gasteiger partial charge in [0.05, 0.1) is 0 Å². The zero-order valence-electron chi connectivity index (χ0n) is 16.0. The molecule has 4 heteroatoms. The lowest BCUT2D eigenvalue weighted by Gasteiger charge is -2.09. The van der Waals surface area contributed by atoms with Gasteiger partial charge in [-0.2, -0.15) is 0 Å². The van der Waals surface area contributed by atoms with E-state index >= 15 is 0 Å². The number of aromatic nitrogens is 1. The highest BCUT2D eigenvalue weighted by Gasteiger charge is 2.12. The summed E-state index contributed by atoms with van der Waals surface area (Å²) < 4.78 is 0. The maximum atomic E-state index is 12.5. The molecular formula is C25H20N2O2. The number of anilines is 1. The molecule has 0 unspecified atom stereocenters. The standard InChI is InChI=1S/C25H20N2O2/c1-17-7-5-6-10-22(17)26-24(28)21-15-16-23(27-25(21)29)20-13-11-19(12-14-20)18-8-3-2-4-9-18/h2-16H,1H3,(H,26,28)(H,27,29). The molecule has 0 saturated heterocycles. The van der Waals surface area contributed by atoms with Crippen molar-refractivity contribution in [3.05, 3.63) is 112 Å². The molecule has 4 aromatic rings. The number of amides is 1. The lowest BCUT2D eigenvalue weighted by Crippen LogP contribution is -2.23. The highest BCUT2D eigenvalue weighted by molar-refractivity contribution is 6.04. The van der Waals surface area contributed by atoms with Crippen molar-refractivity contribution in [3.63, 3.8) is 0 Å². The van der Waals surface area contributed by atoms with Crippen LogP contribution < -0.4 is 10.9 Å². The zero-order valence-corrected chi connectivity index (χ0v) is 16.0. The minimum absolute atomic E-state index is 0.0814. The van der Waals surface area contributed by atoms with Crippen LogP contribution in [0, 0.1) is 6.92 Å². The lowest BCUT2D eigenvalue weighted by molar-refractivity contribution is 0.102. The predicted octanol–water partition coefficient (Wildman–Crippen LogP) is 5.27. The quantitative estimate of drug-likeness (QED) is 0.507. The summed E-state index contributed by atoms with van der Waals surface area (Å²) in [6.07, 6.45) is 0. The van der Waals surface area contributed by atoms with Crippen LogP contribution in [0.3, 0.4) is 0 Å². The minimum atomic E-state index is -0.425. The summed E-state index contributed by atoms with van der Waals surface area (Å²) in [6, 6.07) is 28.8. The molecular weight excluding hydrogens is 360 g/mol. The number of aryl methyl sites for hydroxylation is 1. The fourth-order valence-electron chi connectivity index (χ4n) is 3.20. The molecule has 3 aromatic carbocycles. The molecule has 0 bridgehead atoms. The number of H-pyrrole nitrogens is 1. The van der Waals surface area contributed by atoms with Crippen LogP contribution in [0.5, 0.6) is 0 Å². The van der Waals surface area contributed by atoms with Crippen molar-refractivity contribution in [2.75, 3.05) is 5.32 Å². The number of hydrogen-bond donors (Lipinski definition) is 2. The van der Waals surface area contributed by atoms with E-state index in [1.54, 1.807) is 12.1 Å². The van der Waals surface area contributed by atoms with Crippen molar-refractivity contribution in [2.45, 2.75) is 6.92 Å². The number of aromatic amines is 1. The Labute approximate surface area is 168 Å². The maximum Gasteiger partial charge on any atom is 0.261 e. The van der Waals surface area contributed by atoms with Crippen molar-refractivity contribution in [1.82, 2.24) is 4.98 Å². The van der Waals surface area contributed by atoms with Gasteiger partial charge in [0.2, 0.25) is 0 Å². The van der Waals surface area contributed by atoms with Gasteiger partial charge < -0.3 is 10.3 Å². The fraction of sp³-hybridized carbons (Fsp3) is 0.0400. The first-order valence-corrected chi connectivity index (χ1v) is 9.38. The number of carbonyl (C=O) groups is 1. The monoisotopic (exact) mass is 380 g/mol. The summed E-state index contributed by atoms with van der Waals surface area (Å²) in [5.41, 5.74) is 5.08. The Kier molecular flexibility index (Phi) is 5.08. The van der Waals surface area contributed by atoms with Gasteiger partial charge >= 0.3 is 0 Å². The van der Waals surface area contributed by atoms with Gasteiger partial charge in [-0.05, 0) is 47.4 Å². The van der Waals surface area contributed by atoms with Crippen LogP contribution in [-0.4, -0.2) is 10.9 Å². The van der Waals surface area contributed by atoms with Gasteiger partial charge in [0.15, 0.2) is 0 Å². The minimum Gasteiger partial charge on any atom is -0.322 e. The van der Waals surface area contributed by atoms with E-state index in [0.717, 1.165) is 22.3 Å². The van der Waals surface area contributed by atoms with Crippen molar-refractivity contribution >= 4 is 11.6 Å². The summed E-state index contributed by atoms with van der Waals surface area (Å²) in [5.74, 6) is -0.425. The van der Waals surface area contributed by atoms with Gasteiger partial charge in [0, 0.05) is 11.4 Å². The van der Waals surface area contributed by atoms with E-state index in [4.69, 9.17) is 0 Å². The number of hydrogen-bond acceptors (Lipinski definition) is 2. The van der Waals surface area contributed by atoms with Gasteiger partial charge in [-0.1, -0.05) is 72.8 Å². The average Bonchev–Trinajstić information content (AvgIpc) is 2.76. The Morgan fingerprint density at radius 2 is 1.34 bits per heavy atom. The van der Waals surface area contributed by atoms with Gasteiger partial charge in [0.25, 0.3) is 11.5 Å². The second-order valence-corrected chi connectivity index (χ2v) is 6.83. The number of para-hydroxylation sites is 1. The highest BCUT2D eigenvalue weighted by atomic mass is 16.2. The summed E-state index contributed by atoms with van der Waals surface area (Å²) >= 11 is 0. The van der Waals surface area contributed by atoms with Gasteiger partial charge in [-0.3, -0.25) is 9.59 Å². The Hall–Kier alpha value is -3.92. The highest BCUT2D eigenvalue weighted by Crippen LogP contribution is 2.23. The molecule has 1 aromatic heterocycles. The summed E-state index contributed by atoms with van der Waals surface area (Å²) in [6.45, 7) is 1.90. The van der Waals surface area contributed by atoms with E-state index < -0.39 is 11.5 Å². The van der Waals surface area contributed by atoms with Crippen molar-refractivity contribution < 1.29 is 4.79 Å². The van der Waals surface area contributed by atoms with E-state index in [2.05, 4.69) is 22.4 Å². The molecule has 0 aliphatic heterocycles. The Balaban J connectivity index is 1.56. The van der Waals surface area contributed by atoms with Crippen LogP contribution in [0.1, 0.15) is 15.9 Å². The number of carbonyl (C=O) groups excluding carboxylic acids is 1. The number of benzene rings is 3. The Morgan fingerprint density at radius 3 is 2.03 bits per heavy atom. The number of pyridine rings is 1. The molecule has 1 heterocycles. The molecule has 0 aliphatic carbocycles. The van der Waals surface area contributed by atoms with Crippen LogP contribution in [0.15, 0.2) is 95.8 Å². The van der Waals surface area contributed by atoms with Crippen molar-refractivity contribution in [1.29, 1.82) is 0 Å². The predicted molar refractivity (Wildman–Crippen MR) is 117 cm³/mol. The molecule has 0 spiro atoms. The zero-order chi connectivity index (χ0) is 20.2. The molecule has 4 rings (SSSR count). The maximum absolute atomic E-state index is 12.5. The topological polar surface area (TPSA) is 62.0 Å². The molecule has 1 amide bonds. The molecule has 2 N–H and O–H groups in total. The van der Waals surface area contributed by atoms with E-state index in [9.17, 15) is 9.59 Å². The first kappa shape index (κ1) is 18.4. The fourth-order valence-corrected chi connectivity index (χ4v) is 3.20. The van der Waals surface area contributed by atoms with Crippen LogP contribution in [0.25, 0.3) is 22.4 Å². The van der Waals surface area contributed by atoms with Crippen molar-refractivity contribution in [2.24, 2.45) is 0 Å². The first-order chi connectivity index (χ1) is 14.1. The van der Waals surface area contributed by atoms with Gasteiger partial charge in [0.1, 0.15) is 5.56 Å². The average molecular weight is 380 g/mol. The third-order valence-electron chi connectivity index (χ3n) is 4.85. The number of nitrogens with one attached hydrogen (secondary N) is 2.